The van der Waals surface area contributed by atoms with Crippen LogP contribution in [0, 0.1) is 6.92 Å². The molecule has 0 fully saturated rings. The van der Waals surface area contributed by atoms with E-state index in [1.165, 1.54) is 11.3 Å². The van der Waals surface area contributed by atoms with Gasteiger partial charge in [0.25, 0.3) is 5.91 Å². The average Bonchev–Trinajstić information content (AvgIpc) is 3.70. The highest BCUT2D eigenvalue weighted by Crippen LogP contribution is 2.35. The largest absolute Gasteiger partial charge is 0.462 e. The Kier molecular flexibility index (Phi) is 10.7. The number of thiophene rings is 2. The van der Waals surface area contributed by atoms with Crippen molar-refractivity contribution in [3.8, 4) is 5.69 Å². The second-order valence-electron chi connectivity index (χ2n) is 8.41. The van der Waals surface area contributed by atoms with Crippen LogP contribution in [0.5, 0.6) is 0 Å². The van der Waals surface area contributed by atoms with Crippen molar-refractivity contribution >= 4 is 74.8 Å². The first-order valence-electron chi connectivity index (χ1n) is 12.7. The minimum atomic E-state index is -0.653. The fourth-order valence-electron chi connectivity index (χ4n) is 3.77. The molecule has 0 saturated heterocycles. The zero-order chi connectivity index (χ0) is 30.2. The number of hydrogen-bond acceptors (Lipinski definition) is 11. The van der Waals surface area contributed by atoms with Crippen molar-refractivity contribution in [2.75, 3.05) is 24.3 Å². The van der Waals surface area contributed by atoms with Crippen LogP contribution in [0.2, 0.25) is 5.02 Å². The molecule has 4 rings (SSSR count). The van der Waals surface area contributed by atoms with E-state index in [1.807, 2.05) is 5.38 Å². The summed E-state index contributed by atoms with van der Waals surface area (Å²) in [7, 11) is 0. The third-order valence-electron chi connectivity index (χ3n) is 5.59. The molecule has 0 unspecified atom stereocenters. The molecule has 0 radical (unpaired) electrons. The maximum absolute atomic E-state index is 13.1. The van der Waals surface area contributed by atoms with Gasteiger partial charge in [-0.05, 0) is 56.0 Å². The van der Waals surface area contributed by atoms with Crippen LogP contribution >= 0.6 is 46.0 Å². The Hall–Kier alpha value is -3.72. The summed E-state index contributed by atoms with van der Waals surface area (Å²) in [5, 5.41) is 16.9. The zero-order valence-corrected chi connectivity index (χ0v) is 26.0. The van der Waals surface area contributed by atoms with Crippen molar-refractivity contribution in [2.24, 2.45) is 0 Å². The molecule has 0 bridgehead atoms. The molecule has 3 aromatic heterocycles. The van der Waals surface area contributed by atoms with Crippen LogP contribution in [0.4, 0.5) is 5.00 Å². The molecule has 1 aromatic carbocycles. The molecule has 11 nitrogen and oxygen atoms in total. The Bertz CT molecular complexity index is 1600. The van der Waals surface area contributed by atoms with E-state index < -0.39 is 17.8 Å². The molecule has 0 atom stereocenters. The predicted molar refractivity (Wildman–Crippen MR) is 162 cm³/mol. The van der Waals surface area contributed by atoms with Crippen LogP contribution in [0.3, 0.4) is 0 Å². The first-order chi connectivity index (χ1) is 20.2. The van der Waals surface area contributed by atoms with E-state index in [4.69, 9.17) is 21.1 Å². The summed E-state index contributed by atoms with van der Waals surface area (Å²) in [6.07, 6.45) is 0. The third kappa shape index (κ3) is 7.37. The topological polar surface area (TPSA) is 142 Å². The van der Waals surface area contributed by atoms with E-state index in [0.717, 1.165) is 23.1 Å². The smallest absolute Gasteiger partial charge is 0.348 e. The molecule has 2 amide bonds. The number of amides is 2. The highest BCUT2D eigenvalue weighted by Gasteiger charge is 2.27. The monoisotopic (exact) mass is 647 g/mol. The normalized spacial score (nSPS) is 10.8. The molecule has 15 heteroatoms. The van der Waals surface area contributed by atoms with E-state index >= 15 is 0 Å². The van der Waals surface area contributed by atoms with Gasteiger partial charge in [-0.2, -0.15) is 0 Å². The average molecular weight is 648 g/mol. The Labute approximate surface area is 258 Å². The highest BCUT2D eigenvalue weighted by atomic mass is 35.5. The standard InChI is InChI=1S/C27H26ClN5O6S3/c1-4-38-25(36)21-15(3)22(26(37)39-5-2)42-24(21)30-20(34)14-41-27-32-31-19(13-29-23(35)18-10-7-11-40-18)33(27)17-9-6-8-16(28)12-17/h6-12H,4-5,13-14H2,1-3H3,(H,29,35)(H,30,34). The minimum absolute atomic E-state index is 0.0804. The van der Waals surface area contributed by atoms with Crippen LogP contribution in [0.25, 0.3) is 5.69 Å². The number of nitrogens with one attached hydrogen (secondary N) is 2. The van der Waals surface area contributed by atoms with Crippen LogP contribution in [-0.2, 0) is 20.8 Å². The van der Waals surface area contributed by atoms with Gasteiger partial charge in [-0.3, -0.25) is 14.2 Å². The SMILES string of the molecule is CCOC(=O)c1sc(NC(=O)CSc2nnc(CNC(=O)c3cccs3)n2-c2cccc(Cl)c2)c(C(=O)OCC)c1C. The van der Waals surface area contributed by atoms with Gasteiger partial charge in [0, 0.05) is 5.02 Å². The van der Waals surface area contributed by atoms with Gasteiger partial charge < -0.3 is 20.1 Å². The number of carbonyl (C=O) groups excluding carboxylic acids is 4. The number of carbonyl (C=O) groups is 4. The second kappa shape index (κ2) is 14.4. The minimum Gasteiger partial charge on any atom is -0.462 e. The summed E-state index contributed by atoms with van der Waals surface area (Å²) < 4.78 is 12.0. The molecule has 3 heterocycles. The predicted octanol–water partition coefficient (Wildman–Crippen LogP) is 5.37. The van der Waals surface area contributed by atoms with Crippen molar-refractivity contribution in [3.05, 3.63) is 73.5 Å². The van der Waals surface area contributed by atoms with E-state index in [9.17, 15) is 19.2 Å². The quantitative estimate of drug-likeness (QED) is 0.153. The number of aromatic nitrogens is 3. The van der Waals surface area contributed by atoms with Gasteiger partial charge >= 0.3 is 11.9 Å². The van der Waals surface area contributed by atoms with Crippen molar-refractivity contribution in [3.63, 3.8) is 0 Å². The first kappa shape index (κ1) is 31.2. The van der Waals surface area contributed by atoms with Gasteiger partial charge in [0.2, 0.25) is 5.91 Å². The van der Waals surface area contributed by atoms with E-state index in [2.05, 4.69) is 20.8 Å². The Morgan fingerprint density at radius 1 is 1.05 bits per heavy atom. The summed E-state index contributed by atoms with van der Waals surface area (Å²) in [5.74, 6) is -1.61. The number of halogens is 1. The fraction of sp³-hybridized carbons (Fsp3) is 0.259. The number of benzene rings is 1. The third-order valence-corrected chi connectivity index (χ3v) is 8.81. The number of esters is 2. The Morgan fingerprint density at radius 3 is 2.50 bits per heavy atom. The Balaban J connectivity index is 1.54. The van der Waals surface area contributed by atoms with Gasteiger partial charge in [0.05, 0.1) is 41.6 Å². The fourth-order valence-corrected chi connectivity index (χ4v) is 6.47. The first-order valence-corrected chi connectivity index (χ1v) is 15.7. The maximum atomic E-state index is 13.1. The Morgan fingerprint density at radius 2 is 1.81 bits per heavy atom. The molecular weight excluding hydrogens is 622 g/mol. The number of rotatable bonds is 12. The van der Waals surface area contributed by atoms with Gasteiger partial charge in [0.15, 0.2) is 11.0 Å². The van der Waals surface area contributed by atoms with Crippen LogP contribution in [0.1, 0.15) is 54.9 Å². The van der Waals surface area contributed by atoms with Crippen LogP contribution < -0.4 is 10.6 Å². The zero-order valence-electron chi connectivity index (χ0n) is 22.8. The van der Waals surface area contributed by atoms with Crippen molar-refractivity contribution < 1.29 is 28.7 Å². The van der Waals surface area contributed by atoms with E-state index in [1.54, 1.807) is 61.7 Å². The molecule has 0 saturated carbocycles. The summed E-state index contributed by atoms with van der Waals surface area (Å²) in [5.41, 5.74) is 1.12. The van der Waals surface area contributed by atoms with Crippen LogP contribution in [0.15, 0.2) is 46.9 Å². The number of nitrogens with zero attached hydrogens (tertiary/aromatic N) is 3. The number of thioether (sulfide) groups is 1. The summed E-state index contributed by atoms with van der Waals surface area (Å²) in [6, 6.07) is 10.5. The number of ether oxygens (including phenoxy) is 2. The van der Waals surface area contributed by atoms with Gasteiger partial charge in [-0.15, -0.1) is 32.9 Å². The van der Waals surface area contributed by atoms with Crippen molar-refractivity contribution in [1.82, 2.24) is 20.1 Å². The van der Waals surface area contributed by atoms with Gasteiger partial charge in [-0.1, -0.05) is 35.5 Å². The number of anilines is 1. The van der Waals surface area contributed by atoms with Crippen molar-refractivity contribution in [2.45, 2.75) is 32.5 Å². The van der Waals surface area contributed by atoms with E-state index in [-0.39, 0.29) is 46.9 Å². The molecular formula is C27H26ClN5O6S3. The van der Waals surface area contributed by atoms with Gasteiger partial charge in [-0.25, -0.2) is 9.59 Å². The molecule has 0 aliphatic heterocycles. The molecule has 0 spiro atoms. The van der Waals surface area contributed by atoms with Crippen LogP contribution in [-0.4, -0.2) is 57.5 Å². The highest BCUT2D eigenvalue weighted by molar-refractivity contribution is 7.99. The second-order valence-corrected chi connectivity index (χ2v) is 11.8. The van der Waals surface area contributed by atoms with E-state index in [0.29, 0.717) is 32.1 Å². The summed E-state index contributed by atoms with van der Waals surface area (Å²) in [6.45, 7) is 5.32. The summed E-state index contributed by atoms with van der Waals surface area (Å²) in [4.78, 5) is 51.4. The summed E-state index contributed by atoms with van der Waals surface area (Å²) >= 11 is 9.61. The molecule has 220 valence electrons. The molecule has 0 aliphatic rings. The lowest BCUT2D eigenvalue weighted by Gasteiger charge is -2.11. The lowest BCUT2D eigenvalue weighted by molar-refractivity contribution is -0.113. The molecule has 42 heavy (non-hydrogen) atoms. The number of hydrogen-bond donors (Lipinski definition) is 2. The van der Waals surface area contributed by atoms with Crippen molar-refractivity contribution in [1.29, 1.82) is 0 Å². The lowest BCUT2D eigenvalue weighted by Crippen LogP contribution is -2.24. The van der Waals surface area contributed by atoms with Gasteiger partial charge in [0.1, 0.15) is 9.88 Å². The molecule has 4 aromatic rings. The molecule has 2 N–H and O–H groups in total. The molecule has 0 aliphatic carbocycles. The maximum Gasteiger partial charge on any atom is 0.348 e. The lowest BCUT2D eigenvalue weighted by atomic mass is 10.1.